The third kappa shape index (κ3) is 4.68. The summed E-state index contributed by atoms with van der Waals surface area (Å²) in [6, 6.07) is 22.2. The molecular weight excluding hydrogens is 309 g/mol. The molecule has 0 aliphatic carbocycles. The molecular formula is C22H32NP. The third-order valence-corrected chi connectivity index (χ3v) is 8.08. The molecule has 1 nitrogen and oxygen atoms in total. The second-order valence-corrected chi connectivity index (χ2v) is 9.29. The number of unbranched alkanes of at least 4 members (excludes halogenated alkanes) is 2. The maximum atomic E-state index is 6.48. The zero-order valence-corrected chi connectivity index (χ0v) is 16.1. The summed E-state index contributed by atoms with van der Waals surface area (Å²) in [5.41, 5.74) is 6.48. The van der Waals surface area contributed by atoms with Gasteiger partial charge in [-0.1, -0.05) is 100 Å². The third-order valence-electron chi connectivity index (χ3n) is 4.87. The van der Waals surface area contributed by atoms with Gasteiger partial charge in [-0.05, 0) is 31.4 Å². The first-order valence-corrected chi connectivity index (χ1v) is 10.7. The topological polar surface area (TPSA) is 26.0 Å². The number of rotatable bonds is 10. The van der Waals surface area contributed by atoms with E-state index in [0.29, 0.717) is 0 Å². The summed E-state index contributed by atoms with van der Waals surface area (Å²) in [5.74, 6) is 0. The average molecular weight is 341 g/mol. The van der Waals surface area contributed by atoms with E-state index < -0.39 is 7.92 Å². The molecule has 2 N–H and O–H groups in total. The van der Waals surface area contributed by atoms with Gasteiger partial charge in [0.05, 0.1) is 0 Å². The van der Waals surface area contributed by atoms with Gasteiger partial charge in [-0.15, -0.1) is 0 Å². The van der Waals surface area contributed by atoms with Gasteiger partial charge in [0.2, 0.25) is 0 Å². The second-order valence-electron chi connectivity index (χ2n) is 6.64. The van der Waals surface area contributed by atoms with Crippen LogP contribution in [0.25, 0.3) is 0 Å². The molecule has 0 saturated heterocycles. The van der Waals surface area contributed by atoms with Crippen molar-refractivity contribution in [2.24, 2.45) is 5.73 Å². The molecule has 0 aliphatic heterocycles. The summed E-state index contributed by atoms with van der Waals surface area (Å²) in [7, 11) is -0.447. The fourth-order valence-electron chi connectivity index (χ4n) is 3.51. The fourth-order valence-corrected chi connectivity index (χ4v) is 6.79. The Morgan fingerprint density at radius 2 is 1.17 bits per heavy atom. The normalized spacial score (nSPS) is 11.8. The van der Waals surface area contributed by atoms with Crippen LogP contribution in [0, 0.1) is 0 Å². The van der Waals surface area contributed by atoms with E-state index in [1.807, 2.05) is 0 Å². The van der Waals surface area contributed by atoms with Crippen LogP contribution in [0.4, 0.5) is 0 Å². The zero-order valence-electron chi connectivity index (χ0n) is 15.2. The van der Waals surface area contributed by atoms with Gasteiger partial charge in [-0.3, -0.25) is 0 Å². The lowest BCUT2D eigenvalue weighted by Crippen LogP contribution is -2.41. The van der Waals surface area contributed by atoms with Crippen LogP contribution in [0.2, 0.25) is 0 Å². The number of hydrogen-bond acceptors (Lipinski definition) is 1. The molecule has 130 valence electrons. The molecule has 2 aromatic rings. The van der Waals surface area contributed by atoms with Crippen molar-refractivity contribution in [2.45, 2.75) is 57.5 Å². The van der Waals surface area contributed by atoms with Crippen molar-refractivity contribution >= 4 is 18.5 Å². The molecule has 2 aromatic carbocycles. The zero-order chi connectivity index (χ0) is 17.3. The molecule has 24 heavy (non-hydrogen) atoms. The maximum absolute atomic E-state index is 6.48. The van der Waals surface area contributed by atoms with Crippen molar-refractivity contribution < 1.29 is 0 Å². The average Bonchev–Trinajstić information content (AvgIpc) is 2.65. The highest BCUT2D eigenvalue weighted by Gasteiger charge is 2.38. The van der Waals surface area contributed by atoms with Gasteiger partial charge in [0, 0.05) is 11.7 Å². The van der Waals surface area contributed by atoms with E-state index in [1.165, 1.54) is 49.1 Å². The van der Waals surface area contributed by atoms with Crippen LogP contribution in [-0.2, 0) is 0 Å². The van der Waals surface area contributed by atoms with Crippen LogP contribution < -0.4 is 16.3 Å². The molecule has 0 unspecified atom stereocenters. The lowest BCUT2D eigenvalue weighted by Gasteiger charge is -2.41. The maximum Gasteiger partial charge on any atom is 0.0108 e. The Kier molecular flexibility index (Phi) is 7.95. The van der Waals surface area contributed by atoms with Crippen molar-refractivity contribution in [3.8, 4) is 0 Å². The molecule has 0 fully saturated rings. The monoisotopic (exact) mass is 341 g/mol. The van der Waals surface area contributed by atoms with Crippen LogP contribution in [-0.4, -0.2) is 11.7 Å². The lowest BCUT2D eigenvalue weighted by atomic mass is 9.95. The van der Waals surface area contributed by atoms with Gasteiger partial charge < -0.3 is 5.73 Å². The molecule has 0 spiro atoms. The largest absolute Gasteiger partial charge is 0.330 e. The van der Waals surface area contributed by atoms with E-state index >= 15 is 0 Å². The van der Waals surface area contributed by atoms with E-state index in [1.54, 1.807) is 0 Å². The van der Waals surface area contributed by atoms with E-state index in [-0.39, 0.29) is 5.16 Å². The number of nitrogens with two attached hydrogens (primary N) is 1. The highest BCUT2D eigenvalue weighted by molar-refractivity contribution is 7.74. The first-order valence-electron chi connectivity index (χ1n) is 9.38. The summed E-state index contributed by atoms with van der Waals surface area (Å²) in [5, 5.41) is 3.15. The minimum atomic E-state index is -0.447. The summed E-state index contributed by atoms with van der Waals surface area (Å²) < 4.78 is 0. The Bertz CT molecular complexity index is 520. The molecule has 0 heterocycles. The number of benzene rings is 2. The second kappa shape index (κ2) is 9.97. The Hall–Kier alpha value is -1.17. The molecule has 0 radical (unpaired) electrons. The van der Waals surface area contributed by atoms with Gasteiger partial charge in [-0.25, -0.2) is 0 Å². The summed E-state index contributed by atoms with van der Waals surface area (Å²) in [6.45, 7) is 5.35. The molecule has 0 bridgehead atoms. The molecule has 0 aromatic heterocycles. The van der Waals surface area contributed by atoms with Gasteiger partial charge in [0.1, 0.15) is 0 Å². The van der Waals surface area contributed by atoms with Gasteiger partial charge >= 0.3 is 0 Å². The van der Waals surface area contributed by atoms with E-state index in [0.717, 1.165) is 6.54 Å². The highest BCUT2D eigenvalue weighted by atomic mass is 31.1. The van der Waals surface area contributed by atoms with Gasteiger partial charge in [0.15, 0.2) is 0 Å². The highest BCUT2D eigenvalue weighted by Crippen LogP contribution is 2.53. The Balaban J connectivity index is 2.51. The Morgan fingerprint density at radius 3 is 1.50 bits per heavy atom. The van der Waals surface area contributed by atoms with E-state index in [9.17, 15) is 0 Å². The summed E-state index contributed by atoms with van der Waals surface area (Å²) in [6.07, 6.45) is 7.46. The SMILES string of the molecule is CCCCC(CN)(CCCC)P(c1ccccc1)c1ccccc1. The van der Waals surface area contributed by atoms with Crippen LogP contribution >= 0.6 is 7.92 Å². The Labute approximate surface area is 149 Å². The van der Waals surface area contributed by atoms with Crippen LogP contribution in [0.1, 0.15) is 52.4 Å². The van der Waals surface area contributed by atoms with Crippen molar-refractivity contribution in [3.63, 3.8) is 0 Å². The standard InChI is InChI=1S/C22H32NP/c1-3-5-17-22(19-23,18-6-4-2)24(20-13-9-7-10-14-20)21-15-11-8-12-16-21/h7-16H,3-6,17-19,23H2,1-2H3. The van der Waals surface area contributed by atoms with Gasteiger partial charge in [-0.2, -0.15) is 0 Å². The van der Waals surface area contributed by atoms with E-state index in [2.05, 4.69) is 74.5 Å². The molecule has 0 amide bonds. The minimum Gasteiger partial charge on any atom is -0.330 e. The van der Waals surface area contributed by atoms with Crippen LogP contribution in [0.15, 0.2) is 60.7 Å². The van der Waals surface area contributed by atoms with Crippen molar-refractivity contribution in [1.29, 1.82) is 0 Å². The van der Waals surface area contributed by atoms with Crippen molar-refractivity contribution in [1.82, 2.24) is 0 Å². The smallest absolute Gasteiger partial charge is 0.0108 e. The molecule has 0 saturated carbocycles. The van der Waals surface area contributed by atoms with Gasteiger partial charge in [0.25, 0.3) is 0 Å². The van der Waals surface area contributed by atoms with E-state index in [4.69, 9.17) is 5.73 Å². The summed E-state index contributed by atoms with van der Waals surface area (Å²) in [4.78, 5) is 0. The van der Waals surface area contributed by atoms with Crippen molar-refractivity contribution in [2.75, 3.05) is 6.54 Å². The van der Waals surface area contributed by atoms with Crippen LogP contribution in [0.3, 0.4) is 0 Å². The molecule has 0 aliphatic rings. The summed E-state index contributed by atoms with van der Waals surface area (Å²) >= 11 is 0. The first-order chi connectivity index (χ1) is 11.8. The lowest BCUT2D eigenvalue weighted by molar-refractivity contribution is 0.466. The molecule has 2 heteroatoms. The minimum absolute atomic E-state index is 0.212. The molecule has 0 atom stereocenters. The predicted molar refractivity (Wildman–Crippen MR) is 110 cm³/mol. The number of hydrogen-bond donors (Lipinski definition) is 1. The Morgan fingerprint density at radius 1 is 0.750 bits per heavy atom. The predicted octanol–water partition coefficient (Wildman–Crippen LogP) is 5.20. The molecule has 2 rings (SSSR count). The van der Waals surface area contributed by atoms with Crippen molar-refractivity contribution in [3.05, 3.63) is 60.7 Å². The quantitative estimate of drug-likeness (QED) is 0.591. The first kappa shape index (κ1) is 19.2. The van der Waals surface area contributed by atoms with Crippen LogP contribution in [0.5, 0.6) is 0 Å². The fraction of sp³-hybridized carbons (Fsp3) is 0.455.